The van der Waals surface area contributed by atoms with E-state index in [-0.39, 0.29) is 6.61 Å². The van der Waals surface area contributed by atoms with Crippen LogP contribution in [0, 0.1) is 0 Å². The highest BCUT2D eigenvalue weighted by atomic mass is 16.8. The van der Waals surface area contributed by atoms with Gasteiger partial charge in [0.25, 0.3) is 0 Å². The summed E-state index contributed by atoms with van der Waals surface area (Å²) >= 11 is 0. The minimum absolute atomic E-state index is 0.136. The zero-order valence-electron chi connectivity index (χ0n) is 21.8. The van der Waals surface area contributed by atoms with Crippen molar-refractivity contribution >= 4 is 0 Å². The summed E-state index contributed by atoms with van der Waals surface area (Å²) in [6.45, 7) is -1.65. The van der Waals surface area contributed by atoms with Crippen LogP contribution in [-0.4, -0.2) is 176 Å². The van der Waals surface area contributed by atoms with E-state index in [2.05, 4.69) is 0 Å². The Kier molecular flexibility index (Phi) is 13.3. The second kappa shape index (κ2) is 15.7. The normalized spacial score (nSPS) is 45.1. The van der Waals surface area contributed by atoms with E-state index in [1.807, 2.05) is 0 Å². The van der Waals surface area contributed by atoms with Crippen molar-refractivity contribution in [1.29, 1.82) is 0 Å². The average molecular weight is 590 g/mol. The average Bonchev–Trinajstić information content (AvgIpc) is 3.23. The van der Waals surface area contributed by atoms with Crippen molar-refractivity contribution in [1.82, 2.24) is 0 Å². The molecular weight excluding hydrogens is 546 g/mol. The second-order valence-electron chi connectivity index (χ2n) is 10.0. The number of nitrogens with two attached hydrogens (primary N) is 1. The number of rotatable bonds is 14. The Labute approximate surface area is 230 Å². The third-order valence-corrected chi connectivity index (χ3v) is 7.18. The Balaban J connectivity index is 1.83. The fourth-order valence-electron chi connectivity index (χ4n) is 4.82. The number of hydrogen-bond donors (Lipinski definition) is 11. The third-order valence-electron chi connectivity index (χ3n) is 7.18. The zero-order valence-corrected chi connectivity index (χ0v) is 21.8. The molecule has 40 heavy (non-hydrogen) atoms. The van der Waals surface area contributed by atoms with E-state index in [0.717, 1.165) is 12.8 Å². The van der Waals surface area contributed by atoms with E-state index in [4.69, 9.17) is 34.2 Å². The molecule has 236 valence electrons. The van der Waals surface area contributed by atoms with Crippen molar-refractivity contribution in [3.8, 4) is 0 Å². The van der Waals surface area contributed by atoms with Crippen molar-refractivity contribution in [3.63, 3.8) is 0 Å². The molecule has 0 bridgehead atoms. The standard InChI is InChI=1S/C23H43NO16/c24-4-2-1-3-5-35-21-17(34)20(40-23-16(33)14(31)18(38-23)9(28)6-25)19(11(8-27)37-21)39-22-15(32)13(30)12(29)10(7-26)36-22/h9-23,25-34H,1-8,24H2/t9-,10?,11?,12+,13?,14?,15?,16?,17?,18+,19+,20?,21+,22-,23+/m1/s1. The monoisotopic (exact) mass is 589 g/mol. The highest BCUT2D eigenvalue weighted by Crippen LogP contribution is 2.34. The molecule has 0 aromatic rings. The van der Waals surface area contributed by atoms with Crippen molar-refractivity contribution in [2.75, 3.05) is 33.0 Å². The van der Waals surface area contributed by atoms with E-state index in [0.29, 0.717) is 13.0 Å². The number of aliphatic hydroxyl groups excluding tert-OH is 10. The Morgan fingerprint density at radius 3 is 1.85 bits per heavy atom. The molecule has 3 fully saturated rings. The van der Waals surface area contributed by atoms with E-state index < -0.39 is 112 Å². The fraction of sp³-hybridized carbons (Fsp3) is 1.00. The largest absolute Gasteiger partial charge is 0.394 e. The summed E-state index contributed by atoms with van der Waals surface area (Å²) in [6, 6.07) is 0. The van der Waals surface area contributed by atoms with Gasteiger partial charge in [-0.3, -0.25) is 0 Å². The van der Waals surface area contributed by atoms with Gasteiger partial charge in [0.15, 0.2) is 18.9 Å². The highest BCUT2D eigenvalue weighted by molar-refractivity contribution is 4.97. The first kappa shape index (κ1) is 33.8. The molecule has 8 unspecified atom stereocenters. The van der Waals surface area contributed by atoms with E-state index >= 15 is 0 Å². The smallest absolute Gasteiger partial charge is 0.187 e. The first-order valence-corrected chi connectivity index (χ1v) is 13.3. The molecule has 3 aliphatic rings. The summed E-state index contributed by atoms with van der Waals surface area (Å²) in [6.07, 6.45) is -21.9. The summed E-state index contributed by atoms with van der Waals surface area (Å²) in [5.41, 5.74) is 5.49. The summed E-state index contributed by atoms with van der Waals surface area (Å²) < 4.78 is 33.7. The molecule has 3 aliphatic heterocycles. The van der Waals surface area contributed by atoms with Crippen LogP contribution in [0.25, 0.3) is 0 Å². The van der Waals surface area contributed by atoms with Crippen LogP contribution in [0.1, 0.15) is 19.3 Å². The summed E-state index contributed by atoms with van der Waals surface area (Å²) in [5.74, 6) is 0. The molecule has 15 atom stereocenters. The Morgan fingerprint density at radius 1 is 0.625 bits per heavy atom. The van der Waals surface area contributed by atoms with Gasteiger partial charge in [-0.2, -0.15) is 0 Å². The number of unbranched alkanes of at least 4 members (excludes halogenated alkanes) is 2. The van der Waals surface area contributed by atoms with Gasteiger partial charge in [-0.25, -0.2) is 0 Å². The van der Waals surface area contributed by atoms with Crippen molar-refractivity contribution in [2.24, 2.45) is 5.73 Å². The maximum Gasteiger partial charge on any atom is 0.187 e. The summed E-state index contributed by atoms with van der Waals surface area (Å²) in [4.78, 5) is 0. The Morgan fingerprint density at radius 2 is 1.23 bits per heavy atom. The molecule has 12 N–H and O–H groups in total. The molecule has 3 saturated heterocycles. The van der Waals surface area contributed by atoms with Crippen molar-refractivity contribution < 1.29 is 79.5 Å². The van der Waals surface area contributed by atoms with Crippen LogP contribution in [0.3, 0.4) is 0 Å². The molecule has 17 heteroatoms. The number of hydrogen-bond acceptors (Lipinski definition) is 17. The van der Waals surface area contributed by atoms with Crippen LogP contribution in [0.5, 0.6) is 0 Å². The maximum atomic E-state index is 11.2. The molecule has 0 aromatic carbocycles. The lowest BCUT2D eigenvalue weighted by Crippen LogP contribution is -2.65. The van der Waals surface area contributed by atoms with Crippen LogP contribution >= 0.6 is 0 Å². The van der Waals surface area contributed by atoms with Gasteiger partial charge in [0.05, 0.1) is 19.8 Å². The molecule has 3 heterocycles. The van der Waals surface area contributed by atoms with E-state index in [1.165, 1.54) is 0 Å². The van der Waals surface area contributed by atoms with Crippen LogP contribution in [-0.2, 0) is 28.4 Å². The van der Waals surface area contributed by atoms with Gasteiger partial charge in [0.2, 0.25) is 0 Å². The minimum atomic E-state index is -1.84. The molecule has 0 amide bonds. The van der Waals surface area contributed by atoms with Gasteiger partial charge >= 0.3 is 0 Å². The SMILES string of the molecule is NCCCCCO[C@H]1OC(CO)[C@H](O[C@H]2OC(CO)[C@H](O)C(O)C2O)C(O[C@@H]2O[C@@H]([C@H](O)CO)C(O)C2O)C1O. The predicted octanol–water partition coefficient (Wildman–Crippen LogP) is -6.42. The van der Waals surface area contributed by atoms with Crippen molar-refractivity contribution in [2.45, 2.75) is 111 Å². The quantitative estimate of drug-likeness (QED) is 0.0840. The lowest BCUT2D eigenvalue weighted by atomic mass is 9.96. The predicted molar refractivity (Wildman–Crippen MR) is 128 cm³/mol. The molecule has 0 spiro atoms. The van der Waals surface area contributed by atoms with Crippen LogP contribution < -0.4 is 5.73 Å². The minimum Gasteiger partial charge on any atom is -0.394 e. The first-order valence-electron chi connectivity index (χ1n) is 13.3. The topological polar surface area (TPSA) is 284 Å². The second-order valence-corrected chi connectivity index (χ2v) is 10.0. The van der Waals surface area contributed by atoms with Crippen LogP contribution in [0.15, 0.2) is 0 Å². The van der Waals surface area contributed by atoms with Crippen molar-refractivity contribution in [3.05, 3.63) is 0 Å². The third kappa shape index (κ3) is 7.63. The lowest BCUT2D eigenvalue weighted by Gasteiger charge is -2.47. The molecule has 17 nitrogen and oxygen atoms in total. The number of ether oxygens (including phenoxy) is 6. The van der Waals surface area contributed by atoms with Crippen LogP contribution in [0.2, 0.25) is 0 Å². The van der Waals surface area contributed by atoms with Gasteiger partial charge in [-0.15, -0.1) is 0 Å². The molecule has 0 saturated carbocycles. The van der Waals surface area contributed by atoms with E-state index in [9.17, 15) is 51.1 Å². The Hall–Kier alpha value is -0.680. The van der Waals surface area contributed by atoms with Gasteiger partial charge in [-0.05, 0) is 25.8 Å². The van der Waals surface area contributed by atoms with E-state index in [1.54, 1.807) is 0 Å². The molecule has 0 radical (unpaired) electrons. The van der Waals surface area contributed by atoms with Gasteiger partial charge < -0.3 is 85.2 Å². The lowest BCUT2D eigenvalue weighted by molar-refractivity contribution is -0.374. The van der Waals surface area contributed by atoms with Gasteiger partial charge in [0, 0.05) is 6.61 Å². The highest BCUT2D eigenvalue weighted by Gasteiger charge is 2.55. The zero-order chi connectivity index (χ0) is 29.6. The molecular formula is C23H43NO16. The first-order chi connectivity index (χ1) is 19.1. The molecule has 3 rings (SSSR count). The summed E-state index contributed by atoms with van der Waals surface area (Å²) in [5, 5.41) is 101. The van der Waals surface area contributed by atoms with Crippen LogP contribution in [0.4, 0.5) is 0 Å². The Bertz CT molecular complexity index is 737. The summed E-state index contributed by atoms with van der Waals surface area (Å²) in [7, 11) is 0. The fourth-order valence-corrected chi connectivity index (χ4v) is 4.82. The maximum absolute atomic E-state index is 11.2. The number of aliphatic hydroxyl groups is 10. The van der Waals surface area contributed by atoms with Gasteiger partial charge in [-0.1, -0.05) is 0 Å². The molecule has 0 aliphatic carbocycles. The molecule has 0 aromatic heterocycles. The van der Waals surface area contributed by atoms with Gasteiger partial charge in [0.1, 0.15) is 73.2 Å².